The third-order valence-electron chi connectivity index (χ3n) is 7.12. The lowest BCUT2D eigenvalue weighted by Crippen LogP contribution is -2.43. The van der Waals surface area contributed by atoms with Crippen molar-refractivity contribution in [2.24, 2.45) is 5.73 Å². The van der Waals surface area contributed by atoms with Crippen molar-refractivity contribution in [3.05, 3.63) is 78.5 Å². The monoisotopic (exact) mass is 466 g/mol. The average Bonchev–Trinajstić information content (AvgIpc) is 3.33. The van der Waals surface area contributed by atoms with E-state index in [9.17, 15) is 4.79 Å². The summed E-state index contributed by atoms with van der Waals surface area (Å²) in [6.45, 7) is 0.704. The molecule has 2 fully saturated rings. The third kappa shape index (κ3) is 4.20. The number of aromatic nitrogens is 2. The van der Waals surface area contributed by atoms with E-state index >= 15 is 0 Å². The molecule has 3 N–H and O–H groups in total. The topological polar surface area (TPSA) is 92.3 Å². The van der Waals surface area contributed by atoms with E-state index in [4.69, 9.17) is 15.8 Å². The molecule has 178 valence electrons. The van der Waals surface area contributed by atoms with Crippen molar-refractivity contribution in [2.45, 2.75) is 37.6 Å². The lowest BCUT2D eigenvalue weighted by molar-refractivity contribution is -0.117. The summed E-state index contributed by atoms with van der Waals surface area (Å²) in [5.41, 5.74) is 12.5. The molecule has 2 aliphatic rings. The van der Waals surface area contributed by atoms with Gasteiger partial charge in [0, 0.05) is 48.3 Å². The number of benzene rings is 2. The molecule has 1 aliphatic carbocycles. The summed E-state index contributed by atoms with van der Waals surface area (Å²) in [7, 11) is 1.00. The lowest BCUT2D eigenvalue weighted by atomic mass is 9.72. The van der Waals surface area contributed by atoms with Crippen LogP contribution >= 0.6 is 0 Å². The number of aliphatic hydroxyl groups excluding tert-OH is 1. The quantitative estimate of drug-likeness (QED) is 0.440. The Morgan fingerprint density at radius 3 is 2.31 bits per heavy atom. The number of fused-ring (bicyclic) bond motifs is 1. The number of carbonyl (C=O) groups excluding carboxylic acids is 1. The molecule has 4 aromatic rings. The molecular weight excluding hydrogens is 436 g/mol. The van der Waals surface area contributed by atoms with Gasteiger partial charge in [0.2, 0.25) is 5.91 Å². The van der Waals surface area contributed by atoms with E-state index in [0.29, 0.717) is 18.8 Å². The number of hydrogen-bond acceptors (Lipinski definition) is 5. The largest absolute Gasteiger partial charge is 0.400 e. The van der Waals surface area contributed by atoms with Crippen LogP contribution in [0.4, 0.5) is 5.82 Å². The molecule has 2 aromatic heterocycles. The summed E-state index contributed by atoms with van der Waals surface area (Å²) in [5, 5.41) is 7.90. The third-order valence-corrected chi connectivity index (χ3v) is 7.12. The molecular formula is C29H30N4O2. The van der Waals surface area contributed by atoms with Gasteiger partial charge in [0.15, 0.2) is 0 Å². The number of hydrogen-bond donors (Lipinski definition) is 2. The van der Waals surface area contributed by atoms with Crippen LogP contribution in [0.5, 0.6) is 0 Å². The highest BCUT2D eigenvalue weighted by atomic mass is 16.2. The van der Waals surface area contributed by atoms with Crippen molar-refractivity contribution >= 4 is 22.6 Å². The Balaban J connectivity index is 0.00000124. The number of nitrogens with zero attached hydrogens (tertiary/aromatic N) is 3. The number of aliphatic hydroxyl groups is 1. The van der Waals surface area contributed by atoms with E-state index in [2.05, 4.69) is 47.4 Å². The fourth-order valence-corrected chi connectivity index (χ4v) is 5.03. The number of rotatable bonds is 4. The van der Waals surface area contributed by atoms with Crippen LogP contribution in [0.2, 0.25) is 0 Å². The Morgan fingerprint density at radius 1 is 0.943 bits per heavy atom. The van der Waals surface area contributed by atoms with Gasteiger partial charge < -0.3 is 10.8 Å². The molecule has 1 saturated carbocycles. The molecule has 1 amide bonds. The summed E-state index contributed by atoms with van der Waals surface area (Å²) in [6.07, 6.45) is 6.47. The maximum atomic E-state index is 12.5. The van der Waals surface area contributed by atoms with Crippen molar-refractivity contribution in [1.29, 1.82) is 0 Å². The van der Waals surface area contributed by atoms with Gasteiger partial charge in [-0.25, -0.2) is 9.97 Å². The zero-order valence-electron chi connectivity index (χ0n) is 19.9. The van der Waals surface area contributed by atoms with E-state index < -0.39 is 0 Å². The minimum atomic E-state index is -0.180. The minimum absolute atomic E-state index is 0.127. The highest BCUT2D eigenvalue weighted by Gasteiger charge is 2.34. The van der Waals surface area contributed by atoms with E-state index in [1.165, 1.54) is 12.0 Å². The first kappa shape index (κ1) is 23.1. The Labute approximate surface area is 205 Å². The van der Waals surface area contributed by atoms with E-state index in [-0.39, 0.29) is 11.4 Å². The molecule has 6 nitrogen and oxygen atoms in total. The molecule has 0 atom stereocenters. The summed E-state index contributed by atoms with van der Waals surface area (Å²) in [5.74, 6) is 0.833. The van der Waals surface area contributed by atoms with Crippen LogP contribution in [0.3, 0.4) is 0 Å². The van der Waals surface area contributed by atoms with Crippen molar-refractivity contribution in [3.8, 4) is 22.4 Å². The zero-order valence-corrected chi connectivity index (χ0v) is 19.9. The molecule has 35 heavy (non-hydrogen) atoms. The van der Waals surface area contributed by atoms with Crippen molar-refractivity contribution < 1.29 is 9.90 Å². The van der Waals surface area contributed by atoms with Crippen LogP contribution in [-0.2, 0) is 10.3 Å². The van der Waals surface area contributed by atoms with Crippen molar-refractivity contribution in [2.75, 3.05) is 18.6 Å². The summed E-state index contributed by atoms with van der Waals surface area (Å²) in [4.78, 5) is 23.9. The first-order valence-electron chi connectivity index (χ1n) is 12.1. The van der Waals surface area contributed by atoms with Gasteiger partial charge in [0.1, 0.15) is 5.82 Å². The van der Waals surface area contributed by atoms with Crippen molar-refractivity contribution in [1.82, 2.24) is 9.97 Å². The smallest absolute Gasteiger partial charge is 0.228 e. The standard InChI is InChI=1S/C28H26N4O.CH4O/c29-28(14-5-15-28)21-11-9-20(10-12-21)26-22(19-6-2-1-3-7-19)18-23-24(31-26)13-16-30-27(23)32-17-4-8-25(32)33;1-2/h1-3,6-7,9-13,16,18H,4-5,8,14-15,17,29H2;2H,1H3. The fraction of sp³-hybridized carbons (Fsp3) is 0.276. The molecule has 0 bridgehead atoms. The van der Waals surface area contributed by atoms with Gasteiger partial charge in [-0.3, -0.25) is 9.69 Å². The van der Waals surface area contributed by atoms with Gasteiger partial charge >= 0.3 is 0 Å². The second-order valence-corrected chi connectivity index (χ2v) is 9.19. The molecule has 1 saturated heterocycles. The van der Waals surface area contributed by atoms with Gasteiger partial charge in [-0.05, 0) is 48.9 Å². The molecule has 6 rings (SSSR count). The lowest BCUT2D eigenvalue weighted by Gasteiger charge is -2.38. The summed E-state index contributed by atoms with van der Waals surface area (Å²) in [6, 6.07) is 22.9. The fourth-order valence-electron chi connectivity index (χ4n) is 5.03. The van der Waals surface area contributed by atoms with Gasteiger partial charge in [0.05, 0.1) is 11.2 Å². The first-order chi connectivity index (χ1) is 17.1. The zero-order chi connectivity index (χ0) is 24.4. The second-order valence-electron chi connectivity index (χ2n) is 9.19. The summed E-state index contributed by atoms with van der Waals surface area (Å²) < 4.78 is 0. The average molecular weight is 467 g/mol. The van der Waals surface area contributed by atoms with Crippen molar-refractivity contribution in [3.63, 3.8) is 0 Å². The normalized spacial score (nSPS) is 16.5. The Morgan fingerprint density at radius 2 is 1.69 bits per heavy atom. The SMILES string of the molecule is CO.NC1(c2ccc(-c3nc4ccnc(N5CCCC5=O)c4cc3-c3ccccc3)cc2)CCC1. The number of carbonyl (C=O) groups is 1. The maximum absolute atomic E-state index is 12.5. The highest BCUT2D eigenvalue weighted by Crippen LogP contribution is 2.40. The number of nitrogens with two attached hydrogens (primary N) is 1. The Hall–Kier alpha value is -3.61. The second kappa shape index (κ2) is 9.56. The first-order valence-corrected chi connectivity index (χ1v) is 12.1. The van der Waals surface area contributed by atoms with Crippen LogP contribution in [0.1, 0.15) is 37.7 Å². The predicted molar refractivity (Wildman–Crippen MR) is 140 cm³/mol. The van der Waals surface area contributed by atoms with E-state index in [1.54, 1.807) is 11.1 Å². The Kier molecular flexibility index (Phi) is 6.32. The van der Waals surface area contributed by atoms with Crippen LogP contribution in [0.25, 0.3) is 33.3 Å². The molecule has 0 spiro atoms. The van der Waals surface area contributed by atoms with Crippen LogP contribution in [0.15, 0.2) is 72.9 Å². The number of anilines is 1. The predicted octanol–water partition coefficient (Wildman–Crippen LogP) is 5.04. The molecule has 1 aliphatic heterocycles. The molecule has 0 unspecified atom stereocenters. The van der Waals surface area contributed by atoms with Crippen LogP contribution in [0, 0.1) is 0 Å². The molecule has 0 radical (unpaired) electrons. The molecule has 2 aromatic carbocycles. The number of pyridine rings is 2. The minimum Gasteiger partial charge on any atom is -0.400 e. The maximum Gasteiger partial charge on any atom is 0.228 e. The highest BCUT2D eigenvalue weighted by molar-refractivity contribution is 6.04. The van der Waals surface area contributed by atoms with Crippen LogP contribution < -0.4 is 10.6 Å². The van der Waals surface area contributed by atoms with Gasteiger partial charge in [-0.1, -0.05) is 54.6 Å². The molecule has 3 heterocycles. The summed E-state index contributed by atoms with van der Waals surface area (Å²) >= 11 is 0. The van der Waals surface area contributed by atoms with Crippen LogP contribution in [-0.4, -0.2) is 34.6 Å². The van der Waals surface area contributed by atoms with Gasteiger partial charge in [-0.2, -0.15) is 0 Å². The molecule has 6 heteroatoms. The van der Waals surface area contributed by atoms with Gasteiger partial charge in [0.25, 0.3) is 0 Å². The van der Waals surface area contributed by atoms with E-state index in [0.717, 1.165) is 59.7 Å². The van der Waals surface area contributed by atoms with Gasteiger partial charge in [-0.15, -0.1) is 0 Å². The number of amides is 1. The van der Waals surface area contributed by atoms with E-state index in [1.807, 2.05) is 24.3 Å². The Bertz CT molecular complexity index is 1350.